The number of oxime groups is 1. The van der Waals surface area contributed by atoms with E-state index in [-0.39, 0.29) is 0 Å². The molecular formula is C19H23N3O3. The van der Waals surface area contributed by atoms with Crippen molar-refractivity contribution in [2.75, 3.05) is 20.2 Å². The molecule has 1 aliphatic heterocycles. The fraction of sp³-hybridized carbons (Fsp3) is 0.368. The number of rotatable bonds is 4. The van der Waals surface area contributed by atoms with Gasteiger partial charge < -0.3 is 19.6 Å². The van der Waals surface area contributed by atoms with Crippen LogP contribution < -0.4 is 9.47 Å². The standard InChI is InChI=1S/C19H23N3O3/c1-24-16-7-6-8-17(13-16)25-18-10-9-15(14-20-18)19(21-23)22-11-4-2-3-5-12-22/h6-10,13-14,23H,2-5,11-12H2,1H3/b21-19-. The Morgan fingerprint density at radius 2 is 1.84 bits per heavy atom. The van der Waals surface area contributed by atoms with Crippen LogP contribution in [0.5, 0.6) is 17.4 Å². The first-order valence-corrected chi connectivity index (χ1v) is 8.55. The van der Waals surface area contributed by atoms with E-state index in [1.807, 2.05) is 24.3 Å². The van der Waals surface area contributed by atoms with E-state index in [1.54, 1.807) is 25.4 Å². The van der Waals surface area contributed by atoms with E-state index in [4.69, 9.17) is 9.47 Å². The molecule has 0 saturated carbocycles. The van der Waals surface area contributed by atoms with Gasteiger partial charge in [-0.15, -0.1) is 0 Å². The minimum absolute atomic E-state index is 0.477. The second kappa shape index (κ2) is 8.37. The lowest BCUT2D eigenvalue weighted by Gasteiger charge is -2.23. The van der Waals surface area contributed by atoms with Crippen molar-refractivity contribution in [1.82, 2.24) is 9.88 Å². The molecule has 1 saturated heterocycles. The lowest BCUT2D eigenvalue weighted by atomic mass is 10.2. The molecule has 1 N–H and O–H groups in total. The lowest BCUT2D eigenvalue weighted by molar-refractivity contribution is 0.301. The molecule has 2 aromatic rings. The SMILES string of the molecule is COc1cccc(Oc2ccc(/C(=N/O)N3CCCCCC3)cn2)c1. The van der Waals surface area contributed by atoms with Crippen LogP contribution in [0.1, 0.15) is 31.2 Å². The second-order valence-corrected chi connectivity index (χ2v) is 5.99. The van der Waals surface area contributed by atoms with Crippen LogP contribution in [0.15, 0.2) is 47.8 Å². The van der Waals surface area contributed by atoms with Gasteiger partial charge in [-0.3, -0.25) is 0 Å². The summed E-state index contributed by atoms with van der Waals surface area (Å²) in [6, 6.07) is 11.0. The van der Waals surface area contributed by atoms with Crippen molar-refractivity contribution in [3.05, 3.63) is 48.2 Å². The number of ether oxygens (including phenoxy) is 2. The number of nitrogens with zero attached hydrogens (tertiary/aromatic N) is 3. The van der Waals surface area contributed by atoms with Crippen molar-refractivity contribution in [2.45, 2.75) is 25.7 Å². The predicted molar refractivity (Wildman–Crippen MR) is 95.7 cm³/mol. The van der Waals surface area contributed by atoms with E-state index in [1.165, 1.54) is 12.8 Å². The zero-order chi connectivity index (χ0) is 17.5. The molecule has 25 heavy (non-hydrogen) atoms. The van der Waals surface area contributed by atoms with Crippen LogP contribution in [0.3, 0.4) is 0 Å². The van der Waals surface area contributed by atoms with Crippen molar-refractivity contribution >= 4 is 5.84 Å². The zero-order valence-electron chi connectivity index (χ0n) is 14.4. The van der Waals surface area contributed by atoms with E-state index in [2.05, 4.69) is 15.0 Å². The molecular weight excluding hydrogens is 318 g/mol. The number of hydrogen-bond donors (Lipinski definition) is 1. The molecule has 0 unspecified atom stereocenters. The summed E-state index contributed by atoms with van der Waals surface area (Å²) in [4.78, 5) is 6.45. The highest BCUT2D eigenvalue weighted by atomic mass is 16.5. The van der Waals surface area contributed by atoms with Crippen LogP contribution in [0.25, 0.3) is 0 Å². The molecule has 0 bridgehead atoms. The maximum atomic E-state index is 9.46. The maximum Gasteiger partial charge on any atom is 0.219 e. The summed E-state index contributed by atoms with van der Waals surface area (Å²) in [6.45, 7) is 1.81. The quantitative estimate of drug-likeness (QED) is 0.395. The summed E-state index contributed by atoms with van der Waals surface area (Å²) >= 11 is 0. The Morgan fingerprint density at radius 3 is 2.48 bits per heavy atom. The molecule has 0 atom stereocenters. The average Bonchev–Trinajstić information content (AvgIpc) is 2.93. The van der Waals surface area contributed by atoms with Crippen LogP contribution in [0, 0.1) is 0 Å². The highest BCUT2D eigenvalue weighted by Gasteiger charge is 2.16. The molecule has 1 aromatic heterocycles. The van der Waals surface area contributed by atoms with Gasteiger partial charge in [0.05, 0.1) is 7.11 Å². The summed E-state index contributed by atoms with van der Waals surface area (Å²) in [5.74, 6) is 2.43. The van der Waals surface area contributed by atoms with Gasteiger partial charge in [-0.25, -0.2) is 4.98 Å². The molecule has 0 radical (unpaired) electrons. The molecule has 6 heteroatoms. The van der Waals surface area contributed by atoms with Gasteiger partial charge in [0.15, 0.2) is 5.84 Å². The summed E-state index contributed by atoms with van der Waals surface area (Å²) in [7, 11) is 1.62. The van der Waals surface area contributed by atoms with Crippen LogP contribution in [0.4, 0.5) is 0 Å². The van der Waals surface area contributed by atoms with Gasteiger partial charge in [-0.05, 0) is 31.0 Å². The molecule has 1 aromatic carbocycles. The zero-order valence-corrected chi connectivity index (χ0v) is 14.4. The molecule has 132 valence electrons. The van der Waals surface area contributed by atoms with Crippen molar-refractivity contribution in [2.24, 2.45) is 5.16 Å². The van der Waals surface area contributed by atoms with Gasteiger partial charge >= 0.3 is 0 Å². The third-order valence-corrected chi connectivity index (χ3v) is 4.26. The Bertz CT molecular complexity index is 708. The topological polar surface area (TPSA) is 67.2 Å². The van der Waals surface area contributed by atoms with E-state index in [0.717, 1.165) is 37.2 Å². The van der Waals surface area contributed by atoms with Crippen LogP contribution in [-0.4, -0.2) is 41.1 Å². The summed E-state index contributed by atoms with van der Waals surface area (Å²) in [6.07, 6.45) is 6.35. The van der Waals surface area contributed by atoms with E-state index >= 15 is 0 Å². The molecule has 0 spiro atoms. The molecule has 0 amide bonds. The Balaban J connectivity index is 1.72. The summed E-state index contributed by atoms with van der Waals surface area (Å²) < 4.78 is 10.9. The van der Waals surface area contributed by atoms with Crippen molar-refractivity contribution in [3.63, 3.8) is 0 Å². The Kier molecular flexibility index (Phi) is 5.72. The Morgan fingerprint density at radius 1 is 1.08 bits per heavy atom. The molecule has 0 aliphatic carbocycles. The van der Waals surface area contributed by atoms with Crippen LogP contribution >= 0.6 is 0 Å². The van der Waals surface area contributed by atoms with Gasteiger partial charge in [-0.1, -0.05) is 24.1 Å². The molecule has 3 rings (SSSR count). The highest BCUT2D eigenvalue weighted by molar-refractivity contribution is 5.98. The number of amidine groups is 1. The fourth-order valence-corrected chi connectivity index (χ4v) is 2.94. The smallest absolute Gasteiger partial charge is 0.219 e. The summed E-state index contributed by atoms with van der Waals surface area (Å²) in [5.41, 5.74) is 0.780. The second-order valence-electron chi connectivity index (χ2n) is 5.99. The minimum Gasteiger partial charge on any atom is -0.497 e. The number of benzene rings is 1. The monoisotopic (exact) mass is 341 g/mol. The van der Waals surface area contributed by atoms with E-state index < -0.39 is 0 Å². The Hall–Kier alpha value is -2.76. The van der Waals surface area contributed by atoms with Crippen LogP contribution in [-0.2, 0) is 0 Å². The predicted octanol–water partition coefficient (Wildman–Crippen LogP) is 3.89. The number of likely N-dealkylation sites (tertiary alicyclic amines) is 1. The molecule has 1 aliphatic rings. The molecule has 1 fully saturated rings. The normalized spacial score (nSPS) is 15.6. The lowest BCUT2D eigenvalue weighted by Crippen LogP contribution is -2.32. The number of aromatic nitrogens is 1. The van der Waals surface area contributed by atoms with E-state index in [9.17, 15) is 5.21 Å². The maximum absolute atomic E-state index is 9.46. The number of methoxy groups -OCH3 is 1. The molecule has 2 heterocycles. The third-order valence-electron chi connectivity index (χ3n) is 4.26. The average molecular weight is 341 g/mol. The van der Waals surface area contributed by atoms with Gasteiger partial charge in [0.25, 0.3) is 0 Å². The van der Waals surface area contributed by atoms with Gasteiger partial charge in [0.1, 0.15) is 11.5 Å². The molecule has 6 nitrogen and oxygen atoms in total. The first-order chi connectivity index (χ1) is 12.3. The van der Waals surface area contributed by atoms with Crippen molar-refractivity contribution in [1.29, 1.82) is 0 Å². The van der Waals surface area contributed by atoms with Gasteiger partial charge in [-0.2, -0.15) is 0 Å². The third kappa shape index (κ3) is 4.41. The van der Waals surface area contributed by atoms with Gasteiger partial charge in [0, 0.05) is 37.0 Å². The van der Waals surface area contributed by atoms with Crippen LogP contribution in [0.2, 0.25) is 0 Å². The first-order valence-electron chi connectivity index (χ1n) is 8.55. The van der Waals surface area contributed by atoms with E-state index in [0.29, 0.717) is 17.5 Å². The first kappa shape index (κ1) is 17.1. The number of pyridine rings is 1. The minimum atomic E-state index is 0.477. The number of hydrogen-bond acceptors (Lipinski definition) is 5. The highest BCUT2D eigenvalue weighted by Crippen LogP contribution is 2.24. The largest absolute Gasteiger partial charge is 0.497 e. The fourth-order valence-electron chi connectivity index (χ4n) is 2.94. The Labute approximate surface area is 147 Å². The van der Waals surface area contributed by atoms with Crippen molar-refractivity contribution < 1.29 is 14.7 Å². The van der Waals surface area contributed by atoms with Gasteiger partial charge in [0.2, 0.25) is 5.88 Å². The summed E-state index contributed by atoms with van der Waals surface area (Å²) in [5, 5.41) is 13.0. The van der Waals surface area contributed by atoms with Crippen molar-refractivity contribution in [3.8, 4) is 17.4 Å².